The van der Waals surface area contributed by atoms with E-state index in [2.05, 4.69) is 0 Å². The Bertz CT molecular complexity index is 567. The third kappa shape index (κ3) is 2.68. The number of allylic oxidation sites excluding steroid dienone is 2. The Morgan fingerprint density at radius 2 is 1.95 bits per heavy atom. The summed E-state index contributed by atoms with van der Waals surface area (Å²) in [6, 6.07) is 10.1. The van der Waals surface area contributed by atoms with Crippen LogP contribution in [0, 0.1) is 0 Å². The van der Waals surface area contributed by atoms with Crippen molar-refractivity contribution in [1.82, 2.24) is 0 Å². The predicted molar refractivity (Wildman–Crippen MR) is 79.0 cm³/mol. The third-order valence-electron chi connectivity index (χ3n) is 3.66. The Morgan fingerprint density at radius 3 is 2.55 bits per heavy atom. The normalized spacial score (nSPS) is 16.6. The van der Waals surface area contributed by atoms with Crippen LogP contribution in [0.4, 0.5) is 0 Å². The van der Waals surface area contributed by atoms with Crippen LogP contribution in [-0.2, 0) is 9.53 Å². The first-order valence-corrected chi connectivity index (χ1v) is 6.86. The van der Waals surface area contributed by atoms with Crippen molar-refractivity contribution in [2.45, 2.75) is 33.3 Å². The largest absolute Gasteiger partial charge is 0.464 e. The summed E-state index contributed by atoms with van der Waals surface area (Å²) < 4.78 is 4.91. The molecule has 0 saturated heterocycles. The van der Waals surface area contributed by atoms with Crippen molar-refractivity contribution in [3.63, 3.8) is 0 Å². The Hall–Kier alpha value is -1.87. The zero-order chi connectivity index (χ0) is 14.7. The Labute approximate surface area is 119 Å². The van der Waals surface area contributed by atoms with Gasteiger partial charge in [-0.25, -0.2) is 4.79 Å². The minimum atomic E-state index is -1.18. The average Bonchev–Trinajstić information content (AvgIpc) is 2.74. The van der Waals surface area contributed by atoms with Crippen LogP contribution in [0.5, 0.6) is 0 Å². The topological polar surface area (TPSA) is 46.5 Å². The fraction of sp³-hybridized carbons (Fsp3) is 0.353. The summed E-state index contributed by atoms with van der Waals surface area (Å²) in [6.07, 6.45) is -0.419. The van der Waals surface area contributed by atoms with Crippen molar-refractivity contribution < 1.29 is 14.6 Å². The molecule has 3 heteroatoms. The number of carbonyl (C=O) groups excluding carboxylic acids is 1. The second-order valence-electron chi connectivity index (χ2n) is 4.99. The summed E-state index contributed by atoms with van der Waals surface area (Å²) in [4.78, 5) is 11.7. The van der Waals surface area contributed by atoms with Gasteiger partial charge in [0.15, 0.2) is 6.10 Å². The number of aliphatic hydroxyl groups is 1. The van der Waals surface area contributed by atoms with Gasteiger partial charge in [0.25, 0.3) is 0 Å². The molecule has 0 amide bonds. The molecule has 1 N–H and O–H groups in total. The molecule has 1 aliphatic rings. The highest BCUT2D eigenvalue weighted by atomic mass is 16.5. The summed E-state index contributed by atoms with van der Waals surface area (Å²) in [5.74, 6) is -0.574. The molecule has 1 atom stereocenters. The Kier molecular flexibility index (Phi) is 4.40. The van der Waals surface area contributed by atoms with Gasteiger partial charge in [0.05, 0.1) is 6.61 Å². The molecule has 106 valence electrons. The molecule has 1 unspecified atom stereocenters. The van der Waals surface area contributed by atoms with Gasteiger partial charge in [0.2, 0.25) is 0 Å². The fourth-order valence-corrected chi connectivity index (χ4v) is 2.71. The first-order chi connectivity index (χ1) is 9.56. The molecular weight excluding hydrogens is 252 g/mol. The van der Waals surface area contributed by atoms with Gasteiger partial charge in [-0.1, -0.05) is 35.9 Å². The van der Waals surface area contributed by atoms with Crippen LogP contribution in [-0.4, -0.2) is 23.8 Å². The van der Waals surface area contributed by atoms with Gasteiger partial charge in [0, 0.05) is 0 Å². The monoisotopic (exact) mass is 272 g/mol. The lowest BCUT2D eigenvalue weighted by Gasteiger charge is -2.14. The molecule has 1 aromatic carbocycles. The number of rotatable bonds is 4. The number of benzene rings is 1. The molecule has 0 aromatic heterocycles. The standard InChI is InChI=1S/C17H20O3/c1-4-20-17(19)16(18)15-11(2)10-14(12(15)3)13-8-6-5-7-9-13/h5-9,16,18H,4,10H2,1-3H3. The highest BCUT2D eigenvalue weighted by molar-refractivity contribution is 5.86. The molecule has 3 nitrogen and oxygen atoms in total. The van der Waals surface area contributed by atoms with Crippen molar-refractivity contribution in [1.29, 1.82) is 0 Å². The highest BCUT2D eigenvalue weighted by Gasteiger charge is 2.30. The molecule has 0 heterocycles. The van der Waals surface area contributed by atoms with E-state index in [1.54, 1.807) is 6.92 Å². The van der Waals surface area contributed by atoms with Gasteiger partial charge in [-0.05, 0) is 49.5 Å². The number of esters is 1. The van der Waals surface area contributed by atoms with E-state index in [-0.39, 0.29) is 6.61 Å². The number of hydrogen-bond acceptors (Lipinski definition) is 3. The van der Waals surface area contributed by atoms with Gasteiger partial charge in [0.1, 0.15) is 0 Å². The van der Waals surface area contributed by atoms with E-state index in [9.17, 15) is 9.90 Å². The van der Waals surface area contributed by atoms with Crippen molar-refractivity contribution in [2.75, 3.05) is 6.61 Å². The van der Waals surface area contributed by atoms with Crippen molar-refractivity contribution >= 4 is 11.5 Å². The molecular formula is C17H20O3. The predicted octanol–water partition coefficient (Wildman–Crippen LogP) is 3.10. The maximum Gasteiger partial charge on any atom is 0.339 e. The SMILES string of the molecule is CCOC(=O)C(O)C1=C(C)CC(c2ccccc2)=C1C. The van der Waals surface area contributed by atoms with Crippen LogP contribution in [0.1, 0.15) is 32.8 Å². The van der Waals surface area contributed by atoms with E-state index < -0.39 is 12.1 Å². The van der Waals surface area contributed by atoms with E-state index in [0.717, 1.165) is 23.1 Å². The van der Waals surface area contributed by atoms with Crippen molar-refractivity contribution in [2.24, 2.45) is 0 Å². The van der Waals surface area contributed by atoms with E-state index in [0.29, 0.717) is 5.57 Å². The highest BCUT2D eigenvalue weighted by Crippen LogP contribution is 2.39. The van der Waals surface area contributed by atoms with Gasteiger partial charge < -0.3 is 9.84 Å². The first-order valence-electron chi connectivity index (χ1n) is 6.86. The number of ether oxygens (including phenoxy) is 1. The minimum absolute atomic E-state index is 0.274. The molecule has 1 aliphatic carbocycles. The van der Waals surface area contributed by atoms with Gasteiger partial charge in [-0.3, -0.25) is 0 Å². The summed E-state index contributed by atoms with van der Waals surface area (Å²) in [5, 5.41) is 10.2. The number of carbonyl (C=O) groups is 1. The lowest BCUT2D eigenvalue weighted by Crippen LogP contribution is -2.25. The van der Waals surface area contributed by atoms with Crippen LogP contribution in [0.2, 0.25) is 0 Å². The number of hydrogen-bond donors (Lipinski definition) is 1. The van der Waals surface area contributed by atoms with Gasteiger partial charge >= 0.3 is 5.97 Å². The number of aliphatic hydroxyl groups excluding tert-OH is 1. The zero-order valence-electron chi connectivity index (χ0n) is 12.1. The minimum Gasteiger partial charge on any atom is -0.464 e. The second-order valence-corrected chi connectivity index (χ2v) is 4.99. The molecule has 0 spiro atoms. The Balaban J connectivity index is 2.32. The maximum absolute atomic E-state index is 11.7. The smallest absolute Gasteiger partial charge is 0.339 e. The molecule has 0 radical (unpaired) electrons. The molecule has 0 bridgehead atoms. The van der Waals surface area contributed by atoms with E-state index >= 15 is 0 Å². The van der Waals surface area contributed by atoms with Crippen LogP contribution in [0.25, 0.3) is 5.57 Å². The van der Waals surface area contributed by atoms with Gasteiger partial charge in [-0.15, -0.1) is 0 Å². The molecule has 1 aromatic rings. The van der Waals surface area contributed by atoms with Crippen molar-refractivity contribution in [3.05, 3.63) is 52.6 Å². The van der Waals surface area contributed by atoms with Crippen LogP contribution >= 0.6 is 0 Å². The lowest BCUT2D eigenvalue weighted by molar-refractivity contribution is -0.150. The van der Waals surface area contributed by atoms with E-state index in [1.807, 2.05) is 44.2 Å². The zero-order valence-corrected chi connectivity index (χ0v) is 12.1. The van der Waals surface area contributed by atoms with Crippen molar-refractivity contribution in [3.8, 4) is 0 Å². The molecule has 20 heavy (non-hydrogen) atoms. The van der Waals surface area contributed by atoms with Crippen LogP contribution in [0.3, 0.4) is 0 Å². The second kappa shape index (κ2) is 6.06. The first kappa shape index (κ1) is 14.5. The quantitative estimate of drug-likeness (QED) is 0.857. The molecule has 0 saturated carbocycles. The fourth-order valence-electron chi connectivity index (χ4n) is 2.71. The van der Waals surface area contributed by atoms with E-state index in [4.69, 9.17) is 4.74 Å². The Morgan fingerprint density at radius 1 is 1.30 bits per heavy atom. The van der Waals surface area contributed by atoms with Crippen LogP contribution < -0.4 is 0 Å². The molecule has 0 fully saturated rings. The average molecular weight is 272 g/mol. The maximum atomic E-state index is 11.7. The van der Waals surface area contributed by atoms with Gasteiger partial charge in [-0.2, -0.15) is 0 Å². The molecule has 0 aliphatic heterocycles. The third-order valence-corrected chi connectivity index (χ3v) is 3.66. The molecule has 2 rings (SSSR count). The summed E-state index contributed by atoms with van der Waals surface area (Å²) in [7, 11) is 0. The van der Waals surface area contributed by atoms with E-state index in [1.165, 1.54) is 5.57 Å². The van der Waals surface area contributed by atoms with Crippen LogP contribution in [0.15, 0.2) is 47.1 Å². The summed E-state index contributed by atoms with van der Waals surface area (Å²) >= 11 is 0. The summed E-state index contributed by atoms with van der Waals surface area (Å²) in [6.45, 7) is 5.92. The lowest BCUT2D eigenvalue weighted by atomic mass is 9.98. The summed E-state index contributed by atoms with van der Waals surface area (Å²) in [5.41, 5.74) is 5.02.